The molecule has 0 aliphatic heterocycles. The van der Waals surface area contributed by atoms with E-state index in [1.54, 1.807) is 87.9 Å². The highest BCUT2D eigenvalue weighted by molar-refractivity contribution is 5.97. The number of carboxylic acids is 1. The number of carbonyl (C=O) groups is 7. The average Bonchev–Trinajstić information content (AvgIpc) is 3.62. The van der Waals surface area contributed by atoms with Gasteiger partial charge in [-0.05, 0) is 74.9 Å². The van der Waals surface area contributed by atoms with Crippen molar-refractivity contribution in [1.29, 1.82) is 0 Å². The number of unbranched alkanes of at least 4 members (excludes halogenated alkanes) is 1. The minimum Gasteiger partial charge on any atom is -0.481 e. The normalized spacial score (nSPS) is 13.3. The Morgan fingerprint density at radius 3 is 2.25 bits per heavy atom. The molecule has 0 saturated heterocycles. The number of aromatic amines is 1. The Morgan fingerprint density at radius 2 is 1.57 bits per heavy atom. The van der Waals surface area contributed by atoms with Gasteiger partial charge in [0, 0.05) is 62.0 Å². The van der Waals surface area contributed by atoms with Crippen molar-refractivity contribution in [2.24, 2.45) is 5.73 Å². The molecule has 2 aromatic heterocycles. The standard InChI is InChI=1S/C44H54N8O9/c1-44(2,3)61-43(60)51-35(24-30-27-48-32-17-9-8-16-31(30)32)40(57)49-33(18-10-11-22-47-37(53)20-19-29-15-12-21-46-26-29)42(59)52(4)36(25-38(54)55)41(58)50-34(39(45)56)23-28-13-6-5-7-14-28/h5-9,12-17,19-21,26-27,33-36,48H,10-11,18,22-25H2,1-4H3,(H2,45,56)(H,47,53)(H,49,57)(H,50,58)(H,51,60)(H,54,55)/b20-19+/t33-,34-,35?,36-/m0/s1. The molecule has 0 bridgehead atoms. The highest BCUT2D eigenvalue weighted by Gasteiger charge is 2.36. The molecule has 0 saturated carbocycles. The first-order chi connectivity index (χ1) is 29.0. The van der Waals surface area contributed by atoms with Gasteiger partial charge in [-0.2, -0.15) is 0 Å². The number of aliphatic carboxylic acids is 1. The molecule has 4 aromatic rings. The van der Waals surface area contributed by atoms with Crippen molar-refractivity contribution in [3.8, 4) is 0 Å². The van der Waals surface area contributed by atoms with Crippen LogP contribution in [-0.4, -0.2) is 105 Å². The minimum atomic E-state index is -1.63. The van der Waals surface area contributed by atoms with Gasteiger partial charge in [0.2, 0.25) is 29.5 Å². The fourth-order valence-electron chi connectivity index (χ4n) is 6.41. The maximum atomic E-state index is 14.4. The molecule has 0 aliphatic rings. The van der Waals surface area contributed by atoms with Gasteiger partial charge in [0.15, 0.2) is 0 Å². The van der Waals surface area contributed by atoms with Crippen LogP contribution in [0.5, 0.6) is 0 Å². The molecular formula is C44H54N8O9. The summed E-state index contributed by atoms with van der Waals surface area (Å²) < 4.78 is 5.46. The fourth-order valence-corrected chi connectivity index (χ4v) is 6.41. The summed E-state index contributed by atoms with van der Waals surface area (Å²) in [6, 6.07) is 14.2. The van der Waals surface area contributed by atoms with Crippen LogP contribution in [-0.2, 0) is 46.3 Å². The number of alkyl carbamates (subject to hydrolysis) is 1. The molecule has 17 heteroatoms. The zero-order valence-electron chi connectivity index (χ0n) is 34.7. The lowest BCUT2D eigenvalue weighted by Gasteiger charge is -2.32. The Morgan fingerprint density at radius 1 is 0.869 bits per heavy atom. The van der Waals surface area contributed by atoms with E-state index >= 15 is 0 Å². The van der Waals surface area contributed by atoms with E-state index in [-0.39, 0.29) is 38.1 Å². The summed E-state index contributed by atoms with van der Waals surface area (Å²) in [6.07, 6.45) is 6.82. The second-order valence-corrected chi connectivity index (χ2v) is 15.4. The van der Waals surface area contributed by atoms with Crippen molar-refractivity contribution >= 4 is 58.6 Å². The summed E-state index contributed by atoms with van der Waals surface area (Å²) in [7, 11) is 1.22. The molecule has 1 unspecified atom stereocenters. The van der Waals surface area contributed by atoms with Crippen molar-refractivity contribution in [3.05, 3.63) is 108 Å². The van der Waals surface area contributed by atoms with E-state index in [1.807, 2.05) is 24.3 Å². The van der Waals surface area contributed by atoms with Gasteiger partial charge in [0.05, 0.1) is 6.42 Å². The van der Waals surface area contributed by atoms with Crippen LogP contribution in [0.3, 0.4) is 0 Å². The fraction of sp³-hybridized carbons (Fsp3) is 0.364. The Bertz CT molecular complexity index is 2170. The second-order valence-electron chi connectivity index (χ2n) is 15.4. The third-order valence-corrected chi connectivity index (χ3v) is 9.48. The smallest absolute Gasteiger partial charge is 0.408 e. The molecule has 4 rings (SSSR count). The number of para-hydroxylation sites is 1. The molecule has 0 fully saturated rings. The highest BCUT2D eigenvalue weighted by atomic mass is 16.6. The van der Waals surface area contributed by atoms with Crippen LogP contribution in [0.4, 0.5) is 4.79 Å². The Balaban J connectivity index is 1.57. The number of carbonyl (C=O) groups excluding carboxylic acids is 6. The molecule has 4 atom stereocenters. The number of nitrogens with two attached hydrogens (primary N) is 1. The third kappa shape index (κ3) is 15.3. The number of pyridine rings is 1. The molecule has 6 amide bonds. The number of benzene rings is 2. The van der Waals surface area contributed by atoms with Crippen LogP contribution in [0.1, 0.15) is 63.1 Å². The number of hydrogen-bond donors (Lipinski definition) is 7. The van der Waals surface area contributed by atoms with Gasteiger partial charge in [-0.15, -0.1) is 0 Å². The van der Waals surface area contributed by atoms with Gasteiger partial charge in [-0.1, -0.05) is 54.6 Å². The number of ether oxygens (including phenoxy) is 1. The maximum Gasteiger partial charge on any atom is 0.408 e. The van der Waals surface area contributed by atoms with Crippen LogP contribution in [0, 0.1) is 0 Å². The molecule has 61 heavy (non-hydrogen) atoms. The van der Waals surface area contributed by atoms with Crippen molar-refractivity contribution in [2.75, 3.05) is 13.6 Å². The summed E-state index contributed by atoms with van der Waals surface area (Å²) in [5.41, 5.74) is 7.63. The molecule has 8 N–H and O–H groups in total. The molecule has 324 valence electrons. The van der Waals surface area contributed by atoms with Crippen LogP contribution in [0.15, 0.2) is 91.4 Å². The van der Waals surface area contributed by atoms with E-state index in [0.717, 1.165) is 21.4 Å². The van der Waals surface area contributed by atoms with E-state index in [0.29, 0.717) is 17.5 Å². The lowest BCUT2D eigenvalue weighted by atomic mass is 10.0. The molecule has 17 nitrogen and oxygen atoms in total. The third-order valence-electron chi connectivity index (χ3n) is 9.48. The largest absolute Gasteiger partial charge is 0.481 e. The Kier molecular flexibility index (Phi) is 17.1. The number of aromatic nitrogens is 2. The van der Waals surface area contributed by atoms with E-state index < -0.39 is 71.9 Å². The molecule has 0 aliphatic carbocycles. The second kappa shape index (κ2) is 22.4. The van der Waals surface area contributed by atoms with Gasteiger partial charge >= 0.3 is 12.1 Å². The van der Waals surface area contributed by atoms with Crippen LogP contribution in [0.25, 0.3) is 17.0 Å². The van der Waals surface area contributed by atoms with Crippen LogP contribution < -0.4 is 27.0 Å². The number of nitrogens with one attached hydrogen (secondary N) is 5. The quantitative estimate of drug-likeness (QED) is 0.0477. The van der Waals surface area contributed by atoms with Gasteiger partial charge < -0.3 is 46.7 Å². The first kappa shape index (κ1) is 46.6. The summed E-state index contributed by atoms with van der Waals surface area (Å²) in [4.78, 5) is 100. The number of rotatable bonds is 21. The van der Waals surface area contributed by atoms with E-state index in [1.165, 1.54) is 13.1 Å². The number of amides is 6. The topological polar surface area (TPSA) is 255 Å². The molecule has 0 radical (unpaired) electrons. The van der Waals surface area contributed by atoms with E-state index in [9.17, 15) is 38.7 Å². The van der Waals surface area contributed by atoms with Gasteiger partial charge in [-0.25, -0.2) is 4.79 Å². The lowest BCUT2D eigenvalue weighted by molar-refractivity contribution is -0.147. The van der Waals surface area contributed by atoms with Gasteiger partial charge in [0.1, 0.15) is 29.8 Å². The number of H-pyrrole nitrogens is 1. The summed E-state index contributed by atoms with van der Waals surface area (Å²) in [5, 5.41) is 21.3. The summed E-state index contributed by atoms with van der Waals surface area (Å²) in [6.45, 7) is 5.22. The summed E-state index contributed by atoms with van der Waals surface area (Å²) in [5.74, 6) is -5.17. The predicted octanol–water partition coefficient (Wildman–Crippen LogP) is 3.00. The lowest BCUT2D eigenvalue weighted by Crippen LogP contribution is -2.59. The predicted molar refractivity (Wildman–Crippen MR) is 227 cm³/mol. The molecule has 2 heterocycles. The van der Waals surface area contributed by atoms with Gasteiger partial charge in [0.25, 0.3) is 0 Å². The number of carboxylic acid groups (broad SMARTS) is 1. The number of hydrogen-bond acceptors (Lipinski definition) is 9. The van der Waals surface area contributed by atoms with Crippen molar-refractivity contribution in [1.82, 2.24) is 36.1 Å². The Labute approximate surface area is 353 Å². The zero-order chi connectivity index (χ0) is 44.5. The highest BCUT2D eigenvalue weighted by Crippen LogP contribution is 2.20. The SMILES string of the molecule is CN(C(=O)[C@H](CCCCNC(=O)/C=C/c1cccnc1)NC(=O)C(Cc1c[nH]c2ccccc12)NC(=O)OC(C)(C)C)[C@@H](CC(=O)O)C(=O)N[C@@H](Cc1ccccc1)C(N)=O. The maximum absolute atomic E-state index is 14.4. The van der Waals surface area contributed by atoms with E-state index in [4.69, 9.17) is 10.5 Å². The molecule has 0 spiro atoms. The van der Waals surface area contributed by atoms with Crippen LogP contribution in [0.2, 0.25) is 0 Å². The number of primary amides is 1. The van der Waals surface area contributed by atoms with Crippen LogP contribution >= 0.6 is 0 Å². The monoisotopic (exact) mass is 838 g/mol. The number of fused-ring (bicyclic) bond motifs is 1. The van der Waals surface area contributed by atoms with Crippen molar-refractivity contribution in [2.45, 2.75) is 89.1 Å². The van der Waals surface area contributed by atoms with Gasteiger partial charge in [-0.3, -0.25) is 33.8 Å². The first-order valence-electron chi connectivity index (χ1n) is 19.8. The zero-order valence-corrected chi connectivity index (χ0v) is 34.7. The van der Waals surface area contributed by atoms with Crippen molar-refractivity contribution in [3.63, 3.8) is 0 Å². The molecular weight excluding hydrogens is 785 g/mol. The number of nitrogens with zero attached hydrogens (tertiary/aromatic N) is 2. The van der Waals surface area contributed by atoms with E-state index in [2.05, 4.69) is 31.2 Å². The van der Waals surface area contributed by atoms with Crippen molar-refractivity contribution < 1.29 is 43.4 Å². The first-order valence-corrected chi connectivity index (χ1v) is 19.8. The Hall–Kier alpha value is -7.04. The molecule has 2 aromatic carbocycles. The minimum absolute atomic E-state index is 0.00953. The number of likely N-dealkylation sites (N-methyl/N-ethyl adjacent to an activating group) is 1. The summed E-state index contributed by atoms with van der Waals surface area (Å²) >= 11 is 0. The average molecular weight is 839 g/mol.